The lowest BCUT2D eigenvalue weighted by atomic mass is 10.2. The van der Waals surface area contributed by atoms with Crippen molar-refractivity contribution in [1.29, 1.82) is 0 Å². The fourth-order valence-electron chi connectivity index (χ4n) is 1.85. The standard InChI is InChI=1S/C11H17N3O4/c1-3-9-12-13-10(18-9)6-14-4-5-17-7-8(14)11(15)16-2/h8H,3-7H2,1-2H3. The lowest BCUT2D eigenvalue weighted by Crippen LogP contribution is -2.49. The topological polar surface area (TPSA) is 77.7 Å². The van der Waals surface area contributed by atoms with Crippen LogP contribution < -0.4 is 0 Å². The molecule has 0 aromatic carbocycles. The van der Waals surface area contributed by atoms with Crippen LogP contribution in [0.25, 0.3) is 0 Å². The number of methoxy groups -OCH3 is 1. The van der Waals surface area contributed by atoms with Crippen LogP contribution in [-0.4, -0.2) is 54.0 Å². The number of carbonyl (C=O) groups is 1. The summed E-state index contributed by atoms with van der Waals surface area (Å²) in [6.07, 6.45) is 0.705. The molecule has 1 atom stereocenters. The molecular weight excluding hydrogens is 238 g/mol. The molecule has 0 spiro atoms. The van der Waals surface area contributed by atoms with Gasteiger partial charge in [0.2, 0.25) is 11.8 Å². The van der Waals surface area contributed by atoms with Crippen LogP contribution in [0.15, 0.2) is 4.42 Å². The average Bonchev–Trinajstić information content (AvgIpc) is 2.86. The Morgan fingerprint density at radius 3 is 2.94 bits per heavy atom. The summed E-state index contributed by atoms with van der Waals surface area (Å²) in [4.78, 5) is 13.6. The van der Waals surface area contributed by atoms with Crippen molar-refractivity contribution in [2.45, 2.75) is 25.9 Å². The summed E-state index contributed by atoms with van der Waals surface area (Å²) in [6, 6.07) is -0.402. The van der Waals surface area contributed by atoms with E-state index in [9.17, 15) is 4.79 Å². The van der Waals surface area contributed by atoms with E-state index in [0.717, 1.165) is 0 Å². The molecule has 1 unspecified atom stereocenters. The molecule has 1 aliphatic rings. The predicted molar refractivity (Wildman–Crippen MR) is 60.7 cm³/mol. The third kappa shape index (κ3) is 2.85. The van der Waals surface area contributed by atoms with E-state index < -0.39 is 6.04 Å². The van der Waals surface area contributed by atoms with Gasteiger partial charge in [-0.05, 0) is 0 Å². The Kier molecular flexibility index (Phi) is 4.27. The largest absolute Gasteiger partial charge is 0.468 e. The summed E-state index contributed by atoms with van der Waals surface area (Å²) in [7, 11) is 1.37. The van der Waals surface area contributed by atoms with Gasteiger partial charge in [0.05, 0.1) is 26.9 Å². The lowest BCUT2D eigenvalue weighted by molar-refractivity contribution is -0.153. The van der Waals surface area contributed by atoms with Crippen LogP contribution >= 0.6 is 0 Å². The highest BCUT2D eigenvalue weighted by Gasteiger charge is 2.31. The third-order valence-electron chi connectivity index (χ3n) is 2.86. The fourth-order valence-corrected chi connectivity index (χ4v) is 1.85. The fraction of sp³-hybridized carbons (Fsp3) is 0.727. The molecule has 2 rings (SSSR count). The van der Waals surface area contributed by atoms with Crippen LogP contribution in [0.4, 0.5) is 0 Å². The van der Waals surface area contributed by atoms with Gasteiger partial charge >= 0.3 is 5.97 Å². The van der Waals surface area contributed by atoms with Gasteiger partial charge in [-0.2, -0.15) is 0 Å². The summed E-state index contributed by atoms with van der Waals surface area (Å²) in [5.74, 6) is 0.820. The molecule has 1 fully saturated rings. The first-order valence-corrected chi connectivity index (χ1v) is 5.95. The monoisotopic (exact) mass is 255 g/mol. The van der Waals surface area contributed by atoms with E-state index >= 15 is 0 Å². The zero-order chi connectivity index (χ0) is 13.0. The van der Waals surface area contributed by atoms with E-state index in [1.54, 1.807) is 0 Å². The van der Waals surface area contributed by atoms with E-state index in [-0.39, 0.29) is 5.97 Å². The maximum atomic E-state index is 11.6. The van der Waals surface area contributed by atoms with Gasteiger partial charge in [-0.3, -0.25) is 9.69 Å². The maximum absolute atomic E-state index is 11.6. The Hall–Kier alpha value is -1.47. The number of rotatable bonds is 4. The molecule has 1 aliphatic heterocycles. The van der Waals surface area contributed by atoms with Crippen molar-refractivity contribution in [2.24, 2.45) is 0 Å². The van der Waals surface area contributed by atoms with Crippen LogP contribution in [0.3, 0.4) is 0 Å². The number of nitrogens with zero attached hydrogens (tertiary/aromatic N) is 3. The first-order valence-electron chi connectivity index (χ1n) is 5.95. The van der Waals surface area contributed by atoms with Crippen LogP contribution in [0.2, 0.25) is 0 Å². The minimum atomic E-state index is -0.402. The predicted octanol–water partition coefficient (Wildman–Crippen LogP) is 0.00580. The molecule has 2 heterocycles. The van der Waals surface area contributed by atoms with Crippen molar-refractivity contribution in [3.63, 3.8) is 0 Å². The van der Waals surface area contributed by atoms with E-state index in [0.29, 0.717) is 44.5 Å². The van der Waals surface area contributed by atoms with Crippen LogP contribution in [0, 0.1) is 0 Å². The zero-order valence-electron chi connectivity index (χ0n) is 10.6. The van der Waals surface area contributed by atoms with Gasteiger partial charge in [-0.1, -0.05) is 6.92 Å². The number of hydrogen-bond acceptors (Lipinski definition) is 7. The molecule has 0 radical (unpaired) electrons. The molecule has 1 saturated heterocycles. The molecule has 1 aromatic rings. The average molecular weight is 255 g/mol. The normalized spacial score (nSPS) is 20.9. The molecule has 0 aliphatic carbocycles. The highest BCUT2D eigenvalue weighted by molar-refractivity contribution is 5.75. The van der Waals surface area contributed by atoms with Gasteiger partial charge < -0.3 is 13.9 Å². The second kappa shape index (κ2) is 5.92. The Labute approximate surface area is 105 Å². The molecule has 7 heteroatoms. The quantitative estimate of drug-likeness (QED) is 0.701. The van der Waals surface area contributed by atoms with Gasteiger partial charge in [0.15, 0.2) is 0 Å². The molecular formula is C11H17N3O4. The highest BCUT2D eigenvalue weighted by Crippen LogP contribution is 2.13. The number of ether oxygens (including phenoxy) is 2. The van der Waals surface area contributed by atoms with Gasteiger partial charge in [0.1, 0.15) is 6.04 Å². The number of aryl methyl sites for hydroxylation is 1. The zero-order valence-corrected chi connectivity index (χ0v) is 10.6. The minimum Gasteiger partial charge on any atom is -0.468 e. The summed E-state index contributed by atoms with van der Waals surface area (Å²) in [6.45, 7) is 3.95. The third-order valence-corrected chi connectivity index (χ3v) is 2.86. The first kappa shape index (κ1) is 13.0. The molecule has 7 nitrogen and oxygen atoms in total. The number of morpholine rings is 1. The van der Waals surface area contributed by atoms with E-state index in [2.05, 4.69) is 10.2 Å². The number of hydrogen-bond donors (Lipinski definition) is 0. The van der Waals surface area contributed by atoms with Gasteiger partial charge in [-0.25, -0.2) is 0 Å². The van der Waals surface area contributed by atoms with Crippen molar-refractivity contribution in [2.75, 3.05) is 26.9 Å². The van der Waals surface area contributed by atoms with Crippen LogP contribution in [0.1, 0.15) is 18.7 Å². The maximum Gasteiger partial charge on any atom is 0.325 e. The number of esters is 1. The molecule has 0 saturated carbocycles. The molecule has 18 heavy (non-hydrogen) atoms. The van der Waals surface area contributed by atoms with Crippen LogP contribution in [0.5, 0.6) is 0 Å². The van der Waals surface area contributed by atoms with E-state index in [1.807, 2.05) is 11.8 Å². The Balaban J connectivity index is 2.02. The second-order valence-corrected chi connectivity index (χ2v) is 4.03. The second-order valence-electron chi connectivity index (χ2n) is 4.03. The summed E-state index contributed by atoms with van der Waals surface area (Å²) in [5, 5.41) is 7.85. The summed E-state index contributed by atoms with van der Waals surface area (Å²) >= 11 is 0. The van der Waals surface area contributed by atoms with Crippen LogP contribution in [-0.2, 0) is 27.2 Å². The lowest BCUT2D eigenvalue weighted by Gasteiger charge is -2.32. The van der Waals surface area contributed by atoms with Crippen molar-refractivity contribution >= 4 is 5.97 Å². The number of carbonyl (C=O) groups excluding carboxylic acids is 1. The SMILES string of the molecule is CCc1nnc(CN2CCOCC2C(=O)OC)o1. The van der Waals surface area contributed by atoms with Crippen molar-refractivity contribution < 1.29 is 18.7 Å². The first-order chi connectivity index (χ1) is 8.74. The summed E-state index contributed by atoms with van der Waals surface area (Å²) in [5.41, 5.74) is 0. The highest BCUT2D eigenvalue weighted by atomic mass is 16.5. The van der Waals surface area contributed by atoms with Crippen molar-refractivity contribution in [3.8, 4) is 0 Å². The molecule has 0 bridgehead atoms. The van der Waals surface area contributed by atoms with Crippen molar-refractivity contribution in [3.05, 3.63) is 11.8 Å². The van der Waals surface area contributed by atoms with Crippen molar-refractivity contribution in [1.82, 2.24) is 15.1 Å². The van der Waals surface area contributed by atoms with Gasteiger partial charge in [0, 0.05) is 13.0 Å². The molecule has 1 aromatic heterocycles. The molecule has 100 valence electrons. The summed E-state index contributed by atoms with van der Waals surface area (Å²) < 4.78 is 15.5. The molecule has 0 amide bonds. The Morgan fingerprint density at radius 2 is 2.28 bits per heavy atom. The number of aromatic nitrogens is 2. The Morgan fingerprint density at radius 1 is 1.50 bits per heavy atom. The minimum absolute atomic E-state index is 0.301. The smallest absolute Gasteiger partial charge is 0.325 e. The van der Waals surface area contributed by atoms with E-state index in [1.165, 1.54) is 7.11 Å². The van der Waals surface area contributed by atoms with Gasteiger partial charge in [-0.15, -0.1) is 10.2 Å². The molecule has 0 N–H and O–H groups in total. The Bertz CT molecular complexity index is 407. The van der Waals surface area contributed by atoms with Gasteiger partial charge in [0.25, 0.3) is 0 Å². The van der Waals surface area contributed by atoms with E-state index in [4.69, 9.17) is 13.9 Å².